The van der Waals surface area contributed by atoms with Crippen molar-refractivity contribution in [3.63, 3.8) is 0 Å². The van der Waals surface area contributed by atoms with E-state index in [2.05, 4.69) is 15.6 Å². The van der Waals surface area contributed by atoms with E-state index in [-0.39, 0.29) is 25.1 Å². The first kappa shape index (κ1) is 50.6. The topological polar surface area (TPSA) is 210 Å². The number of fused-ring (bicyclic) bond motifs is 2. The van der Waals surface area contributed by atoms with Crippen LogP contribution >= 0.6 is 0 Å². The van der Waals surface area contributed by atoms with E-state index < -0.39 is 88.6 Å². The molecule has 17 nitrogen and oxygen atoms in total. The molecule has 1 aliphatic rings. The number of aromatic nitrogens is 1. The molecular formula is C47H66N4O13. The number of imide groups is 1. The maximum Gasteiger partial charge on any atom is 0.508 e. The average Bonchev–Trinajstić information content (AvgIpc) is 3.61. The molecule has 2 aromatic carbocycles. The highest BCUT2D eigenvalue weighted by Gasteiger charge is 2.57. The number of hydrogen-bond donors (Lipinski definition) is 3. The van der Waals surface area contributed by atoms with Crippen LogP contribution < -0.4 is 15.5 Å². The monoisotopic (exact) mass is 894 g/mol. The van der Waals surface area contributed by atoms with Crippen molar-refractivity contribution in [3.8, 4) is 0 Å². The summed E-state index contributed by atoms with van der Waals surface area (Å²) in [4.78, 5) is 86.1. The summed E-state index contributed by atoms with van der Waals surface area (Å²) in [5.74, 6) is -0.699. The third kappa shape index (κ3) is 14.0. The number of alkyl carbamates (subject to hydrolysis) is 2. The quantitative estimate of drug-likeness (QED) is 0.121. The highest BCUT2D eigenvalue weighted by atomic mass is 16.7. The number of aromatic amines is 1. The van der Waals surface area contributed by atoms with Crippen molar-refractivity contribution in [1.29, 1.82) is 0 Å². The number of anilines is 1. The number of nitrogens with zero attached hydrogens (tertiary/aromatic N) is 1. The van der Waals surface area contributed by atoms with E-state index in [9.17, 15) is 24.0 Å². The van der Waals surface area contributed by atoms with E-state index in [1.807, 2.05) is 6.07 Å². The summed E-state index contributed by atoms with van der Waals surface area (Å²) in [7, 11) is 0. The van der Waals surface area contributed by atoms with Gasteiger partial charge < -0.3 is 48.8 Å². The molecule has 352 valence electrons. The van der Waals surface area contributed by atoms with E-state index in [0.717, 1.165) is 4.90 Å². The van der Waals surface area contributed by atoms with E-state index >= 15 is 4.79 Å². The minimum Gasteiger partial charge on any atom is -0.444 e. The lowest BCUT2D eigenvalue weighted by atomic mass is 9.70. The molecule has 4 amide bonds. The Morgan fingerprint density at radius 1 is 0.609 bits per heavy atom. The number of carbonyl (C=O) groups excluding carboxylic acids is 6. The van der Waals surface area contributed by atoms with Crippen molar-refractivity contribution < 1.29 is 61.9 Å². The Hall–Kier alpha value is -6.00. The summed E-state index contributed by atoms with van der Waals surface area (Å²) >= 11 is 0. The number of ether oxygens (including phenoxy) is 7. The number of para-hydroxylation sites is 2. The van der Waals surface area contributed by atoms with Crippen LogP contribution in [0, 0.1) is 0 Å². The van der Waals surface area contributed by atoms with Crippen LogP contribution in [-0.2, 0) is 49.8 Å². The van der Waals surface area contributed by atoms with Gasteiger partial charge in [0.25, 0.3) is 5.91 Å². The number of H-pyrrole nitrogens is 1. The average molecular weight is 895 g/mol. The van der Waals surface area contributed by atoms with Crippen LogP contribution in [0.15, 0.2) is 48.7 Å². The van der Waals surface area contributed by atoms with Crippen LogP contribution in [0.5, 0.6) is 0 Å². The number of rotatable bonds is 11. The summed E-state index contributed by atoms with van der Waals surface area (Å²) in [5.41, 5.74) is -4.04. The number of amides is 4. The highest BCUT2D eigenvalue weighted by molar-refractivity contribution is 6.23. The molecule has 0 spiro atoms. The van der Waals surface area contributed by atoms with Crippen molar-refractivity contribution in [2.45, 2.75) is 162 Å². The van der Waals surface area contributed by atoms with Gasteiger partial charge in [0.2, 0.25) is 0 Å². The molecule has 64 heavy (non-hydrogen) atoms. The number of carbonyl (C=O) groups is 6. The second-order valence-electron chi connectivity index (χ2n) is 20.7. The van der Waals surface area contributed by atoms with Crippen LogP contribution in [0.25, 0.3) is 10.9 Å². The second kappa shape index (κ2) is 19.0. The van der Waals surface area contributed by atoms with Gasteiger partial charge in [-0.05, 0) is 139 Å². The molecule has 4 rings (SSSR count). The van der Waals surface area contributed by atoms with E-state index in [4.69, 9.17) is 33.2 Å². The summed E-state index contributed by atoms with van der Waals surface area (Å²) in [6.45, 7) is 24.7. The predicted octanol–water partition coefficient (Wildman–Crippen LogP) is 9.36. The molecule has 0 radical (unpaired) electrons. The molecule has 0 fully saturated rings. The predicted molar refractivity (Wildman–Crippen MR) is 238 cm³/mol. The van der Waals surface area contributed by atoms with Crippen molar-refractivity contribution >= 4 is 53.1 Å². The number of benzene rings is 2. The van der Waals surface area contributed by atoms with Gasteiger partial charge >= 0.3 is 30.6 Å². The summed E-state index contributed by atoms with van der Waals surface area (Å²) < 4.78 is 38.7. The normalized spacial score (nSPS) is 16.5. The molecule has 17 heteroatoms. The second-order valence-corrected chi connectivity index (χ2v) is 20.7. The van der Waals surface area contributed by atoms with Gasteiger partial charge in [0.05, 0.1) is 23.3 Å². The zero-order valence-corrected chi connectivity index (χ0v) is 39.9. The van der Waals surface area contributed by atoms with Gasteiger partial charge in [-0.3, -0.25) is 4.79 Å². The summed E-state index contributed by atoms with van der Waals surface area (Å²) in [6.07, 6.45) is -2.88. The molecule has 0 aliphatic carbocycles. The number of nitrogens with one attached hydrogen (secondary N) is 3. The van der Waals surface area contributed by atoms with Crippen molar-refractivity contribution in [1.82, 2.24) is 15.6 Å². The van der Waals surface area contributed by atoms with Crippen LogP contribution in [0.2, 0.25) is 0 Å². The first-order valence-electron chi connectivity index (χ1n) is 21.2. The lowest BCUT2D eigenvalue weighted by molar-refractivity contribution is -0.122. The molecule has 3 atom stereocenters. The molecule has 0 unspecified atom stereocenters. The fourth-order valence-electron chi connectivity index (χ4n) is 7.02. The van der Waals surface area contributed by atoms with Crippen molar-refractivity contribution in [3.05, 3.63) is 65.4 Å². The molecule has 1 aliphatic heterocycles. The highest BCUT2D eigenvalue weighted by Crippen LogP contribution is 2.51. The molecule has 0 bridgehead atoms. The van der Waals surface area contributed by atoms with Crippen LogP contribution in [0.1, 0.15) is 127 Å². The van der Waals surface area contributed by atoms with Crippen LogP contribution in [0.3, 0.4) is 0 Å². The minimum absolute atomic E-state index is 0.111. The Bertz CT molecular complexity index is 2200. The maximum absolute atomic E-state index is 15.5. The molecule has 0 saturated heterocycles. The lowest BCUT2D eigenvalue weighted by Gasteiger charge is -2.34. The Morgan fingerprint density at radius 3 is 1.59 bits per heavy atom. The SMILES string of the molecule is CC(C)(C)OC(=O)N[C@H](COC(=O)OC(C)(C)C)Cc1c[nH]c2c([C@]3(C[C@@H](COC(=O)OC(C)(C)C)NC(=O)OC(C)(C)C)C(=O)N(C(=O)OC(C)(C)C)c4ccccc43)cccc12. The third-order valence-electron chi connectivity index (χ3n) is 9.05. The van der Waals surface area contributed by atoms with Crippen molar-refractivity contribution in [2.24, 2.45) is 0 Å². The molecular weight excluding hydrogens is 829 g/mol. The molecule has 2 heterocycles. The smallest absolute Gasteiger partial charge is 0.444 e. The first-order valence-corrected chi connectivity index (χ1v) is 21.2. The lowest BCUT2D eigenvalue weighted by Crippen LogP contribution is -2.51. The van der Waals surface area contributed by atoms with Crippen LogP contribution in [0.4, 0.5) is 29.7 Å². The van der Waals surface area contributed by atoms with Gasteiger partial charge in [-0.1, -0.05) is 36.4 Å². The van der Waals surface area contributed by atoms with Crippen LogP contribution in [-0.4, -0.2) is 94.8 Å². The first-order chi connectivity index (χ1) is 29.3. The van der Waals surface area contributed by atoms with Gasteiger partial charge in [0.15, 0.2) is 0 Å². The maximum atomic E-state index is 15.5. The largest absolute Gasteiger partial charge is 0.508 e. The molecule has 3 aromatic rings. The molecule has 1 aromatic heterocycles. The fraction of sp³-hybridized carbons (Fsp3) is 0.574. The third-order valence-corrected chi connectivity index (χ3v) is 9.05. The minimum atomic E-state index is -1.76. The van der Waals surface area contributed by atoms with Crippen molar-refractivity contribution in [2.75, 3.05) is 18.1 Å². The van der Waals surface area contributed by atoms with E-state index in [1.54, 1.807) is 146 Å². The van der Waals surface area contributed by atoms with Gasteiger partial charge in [0, 0.05) is 11.6 Å². The summed E-state index contributed by atoms with van der Waals surface area (Å²) in [6, 6.07) is 10.1. The van der Waals surface area contributed by atoms with Gasteiger partial charge in [-0.25, -0.2) is 28.9 Å². The fourth-order valence-corrected chi connectivity index (χ4v) is 7.02. The Morgan fingerprint density at radius 2 is 1.08 bits per heavy atom. The summed E-state index contributed by atoms with van der Waals surface area (Å²) in [5, 5.41) is 6.22. The van der Waals surface area contributed by atoms with Gasteiger partial charge in [-0.2, -0.15) is 0 Å². The zero-order valence-electron chi connectivity index (χ0n) is 39.9. The Balaban J connectivity index is 1.91. The van der Waals surface area contributed by atoms with E-state index in [0.29, 0.717) is 27.6 Å². The van der Waals surface area contributed by atoms with Gasteiger partial charge in [-0.15, -0.1) is 0 Å². The van der Waals surface area contributed by atoms with E-state index in [1.165, 1.54) is 0 Å². The molecule has 3 N–H and O–H groups in total. The number of hydrogen-bond acceptors (Lipinski definition) is 13. The van der Waals surface area contributed by atoms with Gasteiger partial charge in [0.1, 0.15) is 46.6 Å². The standard InChI is InChI=1S/C47H66N4O13/c1-42(2,3)60-37(53)49-29(26-58-40(56)63-45(10,11)12)23-28-25-48-35-31(28)19-18-21-33(35)47(32-20-16-17-22-34(32)51(36(47)52)39(55)62-44(7,8)9)24-30(50-38(54)61-43(4,5)6)27-59-41(57)64-46(13,14)15/h16-22,25,29-30,48H,23-24,26-27H2,1-15H3,(H,49,53)(H,50,54)/t29-,30-,47+/m0/s1. The Labute approximate surface area is 375 Å². The zero-order chi connectivity index (χ0) is 48.2. The Kier molecular flexibility index (Phi) is 15.0. The molecule has 0 saturated carbocycles.